The predicted octanol–water partition coefficient (Wildman–Crippen LogP) is -0.744. The van der Waals surface area contributed by atoms with E-state index in [2.05, 4.69) is 15.7 Å². The van der Waals surface area contributed by atoms with Crippen LogP contribution in [-0.2, 0) is 0 Å². The van der Waals surface area contributed by atoms with Gasteiger partial charge in [0.2, 0.25) is 0 Å². The van der Waals surface area contributed by atoms with Gasteiger partial charge in [-0.25, -0.2) is 0 Å². The number of nitrogens with zero attached hydrogens (tertiary/aromatic N) is 2. The maximum absolute atomic E-state index is 5.99. The molecule has 5 heteroatoms. The predicted molar refractivity (Wildman–Crippen MR) is 48.9 cm³/mol. The molecule has 0 aromatic heterocycles. The van der Waals surface area contributed by atoms with E-state index in [4.69, 9.17) is 5.40 Å². The van der Waals surface area contributed by atoms with Crippen LogP contribution in [0.15, 0.2) is 0 Å². The third kappa shape index (κ3) is 3.19. The molecule has 0 fully saturated rings. The van der Waals surface area contributed by atoms with Gasteiger partial charge in [-0.3, -0.25) is 0 Å². The largest absolute Gasteiger partial charge is 0.327 e. The zero-order chi connectivity index (χ0) is 7.65. The van der Waals surface area contributed by atoms with E-state index in [0.717, 1.165) is 0 Å². The molecule has 10 heavy (non-hydrogen) atoms. The second-order valence-electron chi connectivity index (χ2n) is 2.88. The van der Waals surface area contributed by atoms with Crippen molar-refractivity contribution in [1.29, 1.82) is 0 Å². The Morgan fingerprint density at radius 1 is 1.00 bits per heavy atom. The Kier molecular flexibility index (Phi) is 6.05. The van der Waals surface area contributed by atoms with Crippen LogP contribution in [0.25, 0.3) is 0 Å². The van der Waals surface area contributed by atoms with Crippen molar-refractivity contribution in [3.8, 4) is 0 Å². The Morgan fingerprint density at radius 3 is 1.20 bits per heavy atom. The summed E-state index contributed by atoms with van der Waals surface area (Å²) >= 11 is 0. The minimum absolute atomic E-state index is 0. The average molecular weight is 154 g/mol. The van der Waals surface area contributed by atoms with Crippen LogP contribution < -0.4 is 5.40 Å². The normalized spacial score (nSPS) is 12.0. The van der Waals surface area contributed by atoms with Crippen LogP contribution in [-0.4, -0.2) is 64.7 Å². The van der Waals surface area contributed by atoms with Crippen molar-refractivity contribution in [2.45, 2.75) is 6.55 Å². The number of hydrogen-bond acceptors (Lipinski definition) is 3. The van der Waals surface area contributed by atoms with Crippen molar-refractivity contribution in [3.63, 3.8) is 0 Å². The van der Waals surface area contributed by atoms with Gasteiger partial charge in [-0.15, -0.1) is 0 Å². The second kappa shape index (κ2) is 4.55. The third-order valence-electron chi connectivity index (χ3n) is 1.81. The minimum atomic E-state index is -1.69. The van der Waals surface area contributed by atoms with Gasteiger partial charge in [0.15, 0.2) is 0 Å². The first-order valence-electron chi connectivity index (χ1n) is 3.02. The van der Waals surface area contributed by atoms with Crippen molar-refractivity contribution < 1.29 is 0 Å². The van der Waals surface area contributed by atoms with Gasteiger partial charge >= 0.3 is 0 Å². The van der Waals surface area contributed by atoms with E-state index in [-0.39, 0.29) is 18.9 Å². The molecule has 0 rings (SSSR count). The molecule has 0 aromatic carbocycles. The van der Waals surface area contributed by atoms with Gasteiger partial charge in [-0.2, -0.15) is 0 Å². The van der Waals surface area contributed by atoms with Gasteiger partial charge in [-0.05, 0) is 34.7 Å². The molecule has 0 bridgehead atoms. The monoisotopic (exact) mass is 154 g/mol. The number of nitrogens with two attached hydrogens (primary N) is 1. The molecule has 0 heterocycles. The van der Waals surface area contributed by atoms with Gasteiger partial charge in [0.1, 0.15) is 0 Å². The van der Waals surface area contributed by atoms with Crippen LogP contribution in [0.5, 0.6) is 0 Å². The molecule has 0 aliphatic rings. The Bertz CT molecular complexity index is 84.9. The van der Waals surface area contributed by atoms with Gasteiger partial charge in [0, 0.05) is 18.9 Å². The molecule has 0 spiro atoms. The van der Waals surface area contributed by atoms with Crippen molar-refractivity contribution in [2.24, 2.45) is 5.40 Å². The number of hydrogen-bond donors (Lipinski definition) is 1. The summed E-state index contributed by atoms with van der Waals surface area (Å²) in [5, 5.41) is 5.99. The molecule has 0 atom stereocenters. The minimum Gasteiger partial charge on any atom is -0.327 e. The Morgan fingerprint density at radius 2 is 1.20 bits per heavy atom. The Labute approximate surface area is 77.0 Å². The maximum Gasteiger partial charge on any atom is 0.280 e. The van der Waals surface area contributed by atoms with Crippen LogP contribution >= 0.6 is 0 Å². The van der Waals surface area contributed by atoms with E-state index in [1.54, 1.807) is 0 Å². The van der Waals surface area contributed by atoms with Crippen molar-refractivity contribution >= 4 is 27.4 Å². The van der Waals surface area contributed by atoms with Gasteiger partial charge < -0.3 is 14.5 Å². The van der Waals surface area contributed by atoms with Crippen LogP contribution in [0.3, 0.4) is 0 Å². The molecular weight excluding hydrogens is 137 g/mol. The molecule has 0 aromatic rings. The van der Waals surface area contributed by atoms with Crippen LogP contribution in [0, 0.1) is 0 Å². The summed E-state index contributed by atoms with van der Waals surface area (Å²) in [4.78, 5) is 0. The molecule has 2 N–H and O–H groups in total. The SMILES string of the molecule is CN(C)[Si](C)(N)N(C)C.[Li]. The Hall–Kier alpha value is 0.694. The van der Waals surface area contributed by atoms with E-state index < -0.39 is 8.56 Å². The number of rotatable bonds is 2. The summed E-state index contributed by atoms with van der Waals surface area (Å²) in [6.07, 6.45) is 0. The van der Waals surface area contributed by atoms with Gasteiger partial charge in [-0.1, -0.05) is 0 Å². The third-order valence-corrected chi connectivity index (χ3v) is 5.43. The zero-order valence-electron chi connectivity index (χ0n) is 7.97. The summed E-state index contributed by atoms with van der Waals surface area (Å²) in [6, 6.07) is 0. The molecule has 0 amide bonds. The van der Waals surface area contributed by atoms with Gasteiger partial charge in [0.05, 0.1) is 0 Å². The summed E-state index contributed by atoms with van der Waals surface area (Å²) < 4.78 is 4.21. The first-order chi connectivity index (χ1) is 3.89. The quantitative estimate of drug-likeness (QED) is 0.532. The van der Waals surface area contributed by atoms with E-state index in [1.807, 2.05) is 28.2 Å². The van der Waals surface area contributed by atoms with Crippen LogP contribution in [0.4, 0.5) is 0 Å². The van der Waals surface area contributed by atoms with Crippen molar-refractivity contribution in [1.82, 2.24) is 9.13 Å². The van der Waals surface area contributed by atoms with E-state index in [0.29, 0.717) is 0 Å². The van der Waals surface area contributed by atoms with E-state index >= 15 is 0 Å². The fraction of sp³-hybridized carbons (Fsp3) is 1.00. The second-order valence-corrected chi connectivity index (χ2v) is 6.86. The maximum atomic E-state index is 5.99. The molecule has 0 unspecified atom stereocenters. The fourth-order valence-electron chi connectivity index (χ4n) is 0.400. The van der Waals surface area contributed by atoms with Gasteiger partial charge in [0.25, 0.3) is 8.56 Å². The molecule has 0 saturated heterocycles. The first-order valence-corrected chi connectivity index (χ1v) is 5.50. The molecular formula is C5H17LiN3Si. The summed E-state index contributed by atoms with van der Waals surface area (Å²) in [5.74, 6) is 0. The average Bonchev–Trinajstić information content (AvgIpc) is 1.65. The first kappa shape index (κ1) is 13.3. The van der Waals surface area contributed by atoms with E-state index in [9.17, 15) is 0 Å². The van der Waals surface area contributed by atoms with Crippen LogP contribution in [0.1, 0.15) is 0 Å². The molecule has 0 saturated carbocycles. The van der Waals surface area contributed by atoms with E-state index in [1.165, 1.54) is 0 Å². The topological polar surface area (TPSA) is 32.5 Å². The standard InChI is InChI=1S/C5H17N3Si.Li/c1-7(2)9(5,6)8(3)4;/h6H2,1-5H3;. The Balaban J connectivity index is 0. The smallest absolute Gasteiger partial charge is 0.280 e. The van der Waals surface area contributed by atoms with Crippen molar-refractivity contribution in [2.75, 3.05) is 28.2 Å². The molecule has 57 valence electrons. The molecule has 3 nitrogen and oxygen atoms in total. The molecule has 0 aliphatic carbocycles. The van der Waals surface area contributed by atoms with Crippen molar-refractivity contribution in [3.05, 3.63) is 0 Å². The fourth-order valence-corrected chi connectivity index (χ4v) is 1.20. The summed E-state index contributed by atoms with van der Waals surface area (Å²) in [7, 11) is 6.39. The van der Waals surface area contributed by atoms with Crippen LogP contribution in [0.2, 0.25) is 6.55 Å². The summed E-state index contributed by atoms with van der Waals surface area (Å²) in [5.41, 5.74) is 0. The molecule has 1 radical (unpaired) electrons. The molecule has 0 aliphatic heterocycles. The summed E-state index contributed by atoms with van der Waals surface area (Å²) in [6.45, 7) is 2.10. The zero-order valence-corrected chi connectivity index (χ0v) is 8.97.